The van der Waals surface area contributed by atoms with Crippen molar-refractivity contribution in [1.29, 1.82) is 0 Å². The third kappa shape index (κ3) is 4.02. The van der Waals surface area contributed by atoms with E-state index < -0.39 is 6.43 Å². The highest BCUT2D eigenvalue weighted by atomic mass is 19.3. The summed E-state index contributed by atoms with van der Waals surface area (Å²) in [5.74, 6) is -0.333. The van der Waals surface area contributed by atoms with Gasteiger partial charge in [-0.25, -0.2) is 18.4 Å². The van der Waals surface area contributed by atoms with E-state index in [0.717, 1.165) is 12.8 Å². The van der Waals surface area contributed by atoms with E-state index >= 15 is 0 Å². The number of amides is 1. The van der Waals surface area contributed by atoms with Crippen LogP contribution in [0.5, 0.6) is 0 Å². The van der Waals surface area contributed by atoms with Crippen molar-refractivity contribution in [3.8, 4) is 0 Å². The van der Waals surface area contributed by atoms with E-state index in [1.165, 1.54) is 10.7 Å². The lowest BCUT2D eigenvalue weighted by atomic mass is 9.97. The van der Waals surface area contributed by atoms with Gasteiger partial charge in [0.15, 0.2) is 5.65 Å². The molecule has 1 aliphatic carbocycles. The highest BCUT2D eigenvalue weighted by Gasteiger charge is 2.31. The monoisotopic (exact) mass is 420 g/mol. The highest BCUT2D eigenvalue weighted by molar-refractivity contribution is 5.85. The Morgan fingerprint density at radius 1 is 1.23 bits per heavy atom. The third-order valence-corrected chi connectivity index (χ3v) is 5.91. The topological polar surface area (TPSA) is 77.3 Å². The summed E-state index contributed by atoms with van der Waals surface area (Å²) in [6, 6.07) is 1.49. The van der Waals surface area contributed by atoms with E-state index in [4.69, 9.17) is 4.74 Å². The van der Waals surface area contributed by atoms with Crippen LogP contribution in [0, 0.1) is 12.8 Å². The van der Waals surface area contributed by atoms with Gasteiger partial charge >= 0.3 is 5.97 Å². The van der Waals surface area contributed by atoms with Crippen LogP contribution in [-0.4, -0.2) is 51.2 Å². The Kier molecular flexibility index (Phi) is 5.71. The number of aromatic nitrogens is 3. The lowest BCUT2D eigenvalue weighted by Crippen LogP contribution is -2.42. The van der Waals surface area contributed by atoms with Gasteiger partial charge in [-0.15, -0.1) is 0 Å². The Morgan fingerprint density at radius 2 is 1.93 bits per heavy atom. The Balaban J connectivity index is 1.53. The number of rotatable bonds is 6. The molecule has 0 radical (unpaired) electrons. The lowest BCUT2D eigenvalue weighted by Gasteiger charge is -2.30. The molecule has 2 aromatic rings. The zero-order valence-electron chi connectivity index (χ0n) is 17.2. The Hall–Kier alpha value is -2.58. The number of alkyl halides is 2. The molecule has 1 saturated heterocycles. The van der Waals surface area contributed by atoms with Gasteiger partial charge in [0.05, 0.1) is 23.6 Å². The predicted octanol–water partition coefficient (Wildman–Crippen LogP) is 3.36. The van der Waals surface area contributed by atoms with Crippen molar-refractivity contribution in [3.05, 3.63) is 23.0 Å². The van der Waals surface area contributed by atoms with Gasteiger partial charge < -0.3 is 9.64 Å². The molecule has 0 aromatic carbocycles. The fourth-order valence-electron chi connectivity index (χ4n) is 4.13. The summed E-state index contributed by atoms with van der Waals surface area (Å²) < 4.78 is 33.9. The summed E-state index contributed by atoms with van der Waals surface area (Å²) in [7, 11) is 0. The SMILES string of the molecule is CCOC(=O)C1CCN(C(=O)Cn2nc(C)c3c(C(F)F)cc(C4CC4)nc32)CC1. The van der Waals surface area contributed by atoms with Gasteiger partial charge in [-0.3, -0.25) is 9.59 Å². The Morgan fingerprint density at radius 3 is 2.53 bits per heavy atom. The van der Waals surface area contributed by atoms with Gasteiger partial charge in [-0.05, 0) is 45.6 Å². The zero-order valence-corrected chi connectivity index (χ0v) is 17.2. The van der Waals surface area contributed by atoms with E-state index in [0.29, 0.717) is 55.0 Å². The van der Waals surface area contributed by atoms with Crippen molar-refractivity contribution in [2.24, 2.45) is 5.92 Å². The molecule has 1 amide bonds. The number of pyridine rings is 1. The summed E-state index contributed by atoms with van der Waals surface area (Å²) in [5.41, 5.74) is 1.39. The molecule has 0 atom stereocenters. The molecule has 1 saturated carbocycles. The maximum Gasteiger partial charge on any atom is 0.309 e. The number of hydrogen-bond acceptors (Lipinski definition) is 5. The quantitative estimate of drug-likeness (QED) is 0.670. The maximum atomic E-state index is 13.7. The molecule has 9 heteroatoms. The summed E-state index contributed by atoms with van der Waals surface area (Å²) in [6.07, 6.45) is 0.388. The van der Waals surface area contributed by atoms with E-state index in [9.17, 15) is 18.4 Å². The number of piperidine rings is 1. The van der Waals surface area contributed by atoms with E-state index in [1.54, 1.807) is 18.7 Å². The number of ether oxygens (including phenoxy) is 1. The van der Waals surface area contributed by atoms with Crippen molar-refractivity contribution < 1.29 is 23.1 Å². The average molecular weight is 420 g/mol. The van der Waals surface area contributed by atoms with Crippen LogP contribution in [0.1, 0.15) is 61.9 Å². The minimum absolute atomic E-state index is 0.0573. The fourth-order valence-corrected chi connectivity index (χ4v) is 4.13. The number of hydrogen-bond donors (Lipinski definition) is 0. The van der Waals surface area contributed by atoms with Crippen molar-refractivity contribution in [1.82, 2.24) is 19.7 Å². The molecule has 0 bridgehead atoms. The number of aryl methyl sites for hydroxylation is 1. The molecule has 3 heterocycles. The van der Waals surface area contributed by atoms with Crippen LogP contribution in [0.3, 0.4) is 0 Å². The van der Waals surface area contributed by atoms with Gasteiger partial charge in [-0.2, -0.15) is 5.10 Å². The second-order valence-corrected chi connectivity index (χ2v) is 8.06. The van der Waals surface area contributed by atoms with Crippen LogP contribution < -0.4 is 0 Å². The van der Waals surface area contributed by atoms with Crippen molar-refractivity contribution in [2.75, 3.05) is 19.7 Å². The molecule has 2 aliphatic rings. The zero-order chi connectivity index (χ0) is 21.4. The molecule has 0 N–H and O–H groups in total. The minimum atomic E-state index is -2.62. The van der Waals surface area contributed by atoms with Crippen LogP contribution in [0.4, 0.5) is 8.78 Å². The van der Waals surface area contributed by atoms with Gasteiger partial charge in [0.25, 0.3) is 6.43 Å². The smallest absolute Gasteiger partial charge is 0.309 e. The van der Waals surface area contributed by atoms with Crippen molar-refractivity contribution in [3.63, 3.8) is 0 Å². The molecule has 4 rings (SSSR count). The Bertz CT molecular complexity index is 963. The number of esters is 1. The first-order valence-electron chi connectivity index (χ1n) is 10.5. The molecule has 2 aromatic heterocycles. The predicted molar refractivity (Wildman–Crippen MR) is 105 cm³/mol. The van der Waals surface area contributed by atoms with Gasteiger partial charge in [-0.1, -0.05) is 0 Å². The molecule has 0 unspecified atom stereocenters. The molecule has 1 aliphatic heterocycles. The van der Waals surface area contributed by atoms with Gasteiger partial charge in [0, 0.05) is 30.3 Å². The minimum Gasteiger partial charge on any atom is -0.466 e. The number of likely N-dealkylation sites (tertiary alicyclic amines) is 1. The molecule has 0 spiro atoms. The second-order valence-electron chi connectivity index (χ2n) is 8.06. The second kappa shape index (κ2) is 8.28. The van der Waals surface area contributed by atoms with Crippen LogP contribution in [-0.2, 0) is 20.9 Å². The molecule has 30 heavy (non-hydrogen) atoms. The molecule has 162 valence electrons. The van der Waals surface area contributed by atoms with E-state index in [1.807, 2.05) is 0 Å². The standard InChI is InChI=1S/C21H26F2N4O3/c1-3-30-21(29)14-6-8-26(9-7-14)17(28)11-27-20-18(12(2)25-27)15(19(22)23)10-16(24-20)13-4-5-13/h10,13-14,19H,3-9,11H2,1-2H3. The average Bonchev–Trinajstić information content (AvgIpc) is 3.53. The van der Waals surface area contributed by atoms with Gasteiger partial charge in [0.2, 0.25) is 5.91 Å². The first-order valence-corrected chi connectivity index (χ1v) is 10.5. The highest BCUT2D eigenvalue weighted by Crippen LogP contribution is 2.41. The largest absolute Gasteiger partial charge is 0.466 e. The maximum absolute atomic E-state index is 13.7. The summed E-state index contributed by atoms with van der Waals surface area (Å²) in [4.78, 5) is 31.0. The van der Waals surface area contributed by atoms with Gasteiger partial charge in [0.1, 0.15) is 6.54 Å². The summed E-state index contributed by atoms with van der Waals surface area (Å²) in [6.45, 7) is 4.65. The van der Waals surface area contributed by atoms with Crippen LogP contribution in [0.25, 0.3) is 11.0 Å². The van der Waals surface area contributed by atoms with E-state index in [2.05, 4.69) is 10.1 Å². The normalized spacial score (nSPS) is 17.7. The van der Waals surface area contributed by atoms with Crippen molar-refractivity contribution in [2.45, 2.75) is 58.4 Å². The molecular weight excluding hydrogens is 394 g/mol. The van der Waals surface area contributed by atoms with E-state index in [-0.39, 0.29) is 35.8 Å². The number of carbonyl (C=O) groups is 2. The van der Waals surface area contributed by atoms with Crippen LogP contribution in [0.2, 0.25) is 0 Å². The summed E-state index contributed by atoms with van der Waals surface area (Å²) in [5, 5.41) is 4.69. The molecule has 7 nitrogen and oxygen atoms in total. The fraction of sp³-hybridized carbons (Fsp3) is 0.619. The van der Waals surface area contributed by atoms with Crippen LogP contribution >= 0.6 is 0 Å². The summed E-state index contributed by atoms with van der Waals surface area (Å²) >= 11 is 0. The molecule has 2 fully saturated rings. The number of carbonyl (C=O) groups excluding carboxylic acids is 2. The number of fused-ring (bicyclic) bond motifs is 1. The lowest BCUT2D eigenvalue weighted by molar-refractivity contribution is -0.151. The number of halogens is 2. The molecular formula is C21H26F2N4O3. The number of nitrogens with zero attached hydrogens (tertiary/aromatic N) is 4. The van der Waals surface area contributed by atoms with Crippen molar-refractivity contribution >= 4 is 22.9 Å². The third-order valence-electron chi connectivity index (χ3n) is 5.91. The first kappa shape index (κ1) is 20.7. The Labute approximate surface area is 173 Å². The van der Waals surface area contributed by atoms with Crippen LogP contribution in [0.15, 0.2) is 6.07 Å². The first-order chi connectivity index (χ1) is 14.4.